The number of nitrogens with zero attached hydrogens (tertiary/aromatic N) is 2. The molecule has 26 heavy (non-hydrogen) atoms. The van der Waals surface area contributed by atoms with Gasteiger partial charge in [-0.15, -0.1) is 0 Å². The summed E-state index contributed by atoms with van der Waals surface area (Å²) in [6.45, 7) is 1.51. The van der Waals surface area contributed by atoms with Gasteiger partial charge in [0.25, 0.3) is 5.91 Å². The van der Waals surface area contributed by atoms with Gasteiger partial charge in [-0.25, -0.2) is 4.39 Å². The van der Waals surface area contributed by atoms with E-state index in [9.17, 15) is 18.8 Å². The third-order valence-corrected chi connectivity index (χ3v) is 4.70. The number of esters is 1. The normalized spacial score (nSPS) is 14.8. The molecule has 0 saturated carbocycles. The van der Waals surface area contributed by atoms with E-state index in [2.05, 4.69) is 4.74 Å². The van der Waals surface area contributed by atoms with Crippen LogP contribution >= 0.6 is 0 Å². The van der Waals surface area contributed by atoms with E-state index in [0.717, 1.165) is 0 Å². The van der Waals surface area contributed by atoms with E-state index < -0.39 is 0 Å². The molecule has 6 nitrogen and oxygen atoms in total. The Morgan fingerprint density at radius 3 is 2.38 bits per heavy atom. The number of ether oxygens (including phenoxy) is 1. The van der Waals surface area contributed by atoms with Crippen LogP contribution in [0.15, 0.2) is 24.3 Å². The monoisotopic (exact) mass is 364 g/mol. The van der Waals surface area contributed by atoms with E-state index in [1.165, 1.54) is 31.4 Å². The van der Waals surface area contributed by atoms with Crippen molar-refractivity contribution >= 4 is 17.8 Å². The lowest BCUT2D eigenvalue weighted by atomic mass is 9.94. The number of carbonyl (C=O) groups is 3. The van der Waals surface area contributed by atoms with Crippen LogP contribution in [0.2, 0.25) is 0 Å². The zero-order valence-corrected chi connectivity index (χ0v) is 15.2. The van der Waals surface area contributed by atoms with E-state index in [0.29, 0.717) is 50.9 Å². The van der Waals surface area contributed by atoms with Crippen molar-refractivity contribution in [1.82, 2.24) is 9.80 Å². The van der Waals surface area contributed by atoms with Gasteiger partial charge in [-0.3, -0.25) is 14.4 Å². The summed E-state index contributed by atoms with van der Waals surface area (Å²) in [5, 5.41) is 0. The lowest BCUT2D eigenvalue weighted by Gasteiger charge is -2.33. The second kappa shape index (κ2) is 9.31. The Balaban J connectivity index is 1.79. The Kier molecular flexibility index (Phi) is 7.12. The van der Waals surface area contributed by atoms with Crippen LogP contribution in [0.3, 0.4) is 0 Å². The first-order chi connectivity index (χ1) is 12.4. The molecule has 2 rings (SSSR count). The minimum Gasteiger partial charge on any atom is -0.469 e. The summed E-state index contributed by atoms with van der Waals surface area (Å²) in [6, 6.07) is 5.49. The van der Waals surface area contributed by atoms with Gasteiger partial charge in [-0.2, -0.15) is 0 Å². The molecule has 0 spiro atoms. The molecule has 1 fully saturated rings. The molecule has 0 bridgehead atoms. The molecular formula is C19H25FN2O4. The standard InChI is InChI=1S/C19H25FN2O4/c1-21(11-3-4-17(23)26-2)18(24)15-9-12-22(13-10-15)19(25)14-5-7-16(20)8-6-14/h5-8,15H,3-4,9-13H2,1-2H3. The summed E-state index contributed by atoms with van der Waals surface area (Å²) in [7, 11) is 3.08. The Morgan fingerprint density at radius 1 is 1.19 bits per heavy atom. The highest BCUT2D eigenvalue weighted by atomic mass is 19.1. The fourth-order valence-electron chi connectivity index (χ4n) is 3.09. The molecule has 1 aliphatic rings. The Hall–Kier alpha value is -2.44. The van der Waals surface area contributed by atoms with Crippen molar-refractivity contribution in [2.24, 2.45) is 5.92 Å². The maximum absolute atomic E-state index is 13.0. The third kappa shape index (κ3) is 5.28. The van der Waals surface area contributed by atoms with Gasteiger partial charge in [0.15, 0.2) is 0 Å². The largest absolute Gasteiger partial charge is 0.469 e. The van der Waals surface area contributed by atoms with Crippen molar-refractivity contribution < 1.29 is 23.5 Å². The zero-order valence-electron chi connectivity index (χ0n) is 15.2. The van der Waals surface area contributed by atoms with Gasteiger partial charge in [0.05, 0.1) is 7.11 Å². The molecule has 0 radical (unpaired) electrons. The predicted molar refractivity (Wildman–Crippen MR) is 93.9 cm³/mol. The molecule has 0 unspecified atom stereocenters. The number of amides is 2. The molecule has 0 N–H and O–H groups in total. The molecule has 2 amide bonds. The van der Waals surface area contributed by atoms with Crippen LogP contribution in [0, 0.1) is 11.7 Å². The molecule has 7 heteroatoms. The topological polar surface area (TPSA) is 66.9 Å². The van der Waals surface area contributed by atoms with Gasteiger partial charge in [-0.1, -0.05) is 0 Å². The third-order valence-electron chi connectivity index (χ3n) is 4.70. The quantitative estimate of drug-likeness (QED) is 0.725. The first kappa shape index (κ1) is 19.9. The van der Waals surface area contributed by atoms with Crippen LogP contribution in [0.25, 0.3) is 0 Å². The summed E-state index contributed by atoms with van der Waals surface area (Å²) >= 11 is 0. The van der Waals surface area contributed by atoms with Gasteiger partial charge < -0.3 is 14.5 Å². The molecule has 0 atom stereocenters. The number of halogens is 1. The van der Waals surface area contributed by atoms with Crippen LogP contribution in [0.4, 0.5) is 4.39 Å². The van der Waals surface area contributed by atoms with Gasteiger partial charge in [0.1, 0.15) is 5.82 Å². The minimum absolute atomic E-state index is 0.0451. The van der Waals surface area contributed by atoms with Crippen molar-refractivity contribution in [1.29, 1.82) is 0 Å². The first-order valence-corrected chi connectivity index (χ1v) is 8.79. The average Bonchev–Trinajstić information content (AvgIpc) is 2.67. The lowest BCUT2D eigenvalue weighted by Crippen LogP contribution is -2.43. The summed E-state index contributed by atoms with van der Waals surface area (Å²) in [5.41, 5.74) is 0.455. The number of piperidine rings is 1. The number of rotatable bonds is 6. The predicted octanol–water partition coefficient (Wildman–Crippen LogP) is 2.09. The molecular weight excluding hydrogens is 339 g/mol. The number of carbonyl (C=O) groups excluding carboxylic acids is 3. The number of hydrogen-bond acceptors (Lipinski definition) is 4. The van der Waals surface area contributed by atoms with Gasteiger partial charge in [0, 0.05) is 44.6 Å². The van der Waals surface area contributed by atoms with Crippen LogP contribution in [-0.2, 0) is 14.3 Å². The van der Waals surface area contributed by atoms with Crippen LogP contribution in [0.5, 0.6) is 0 Å². The highest BCUT2D eigenvalue weighted by molar-refractivity contribution is 5.94. The van der Waals surface area contributed by atoms with Crippen LogP contribution < -0.4 is 0 Å². The SMILES string of the molecule is COC(=O)CCCN(C)C(=O)C1CCN(C(=O)c2ccc(F)cc2)CC1. The average molecular weight is 364 g/mol. The van der Waals surface area contributed by atoms with E-state index in [-0.39, 0.29) is 29.5 Å². The van der Waals surface area contributed by atoms with Gasteiger partial charge >= 0.3 is 5.97 Å². The summed E-state index contributed by atoms with van der Waals surface area (Å²) in [4.78, 5) is 39.4. The second-order valence-electron chi connectivity index (χ2n) is 6.51. The lowest BCUT2D eigenvalue weighted by molar-refractivity contribution is -0.141. The minimum atomic E-state index is -0.374. The Bertz CT molecular complexity index is 639. The number of hydrogen-bond donors (Lipinski definition) is 0. The zero-order chi connectivity index (χ0) is 19.1. The molecule has 0 aliphatic carbocycles. The molecule has 1 aromatic carbocycles. The smallest absolute Gasteiger partial charge is 0.305 e. The van der Waals surface area contributed by atoms with E-state index in [1.807, 2.05) is 0 Å². The van der Waals surface area contributed by atoms with Crippen LogP contribution in [-0.4, -0.2) is 61.4 Å². The summed E-state index contributed by atoms with van der Waals surface area (Å²) < 4.78 is 17.6. The van der Waals surface area contributed by atoms with Crippen molar-refractivity contribution in [3.05, 3.63) is 35.6 Å². The van der Waals surface area contributed by atoms with E-state index in [4.69, 9.17) is 0 Å². The van der Waals surface area contributed by atoms with Gasteiger partial charge in [-0.05, 0) is 43.5 Å². The molecule has 0 aromatic heterocycles. The highest BCUT2D eigenvalue weighted by Crippen LogP contribution is 2.21. The van der Waals surface area contributed by atoms with E-state index >= 15 is 0 Å². The van der Waals surface area contributed by atoms with E-state index in [1.54, 1.807) is 16.8 Å². The molecule has 1 saturated heterocycles. The Labute approximate surface area is 152 Å². The fraction of sp³-hybridized carbons (Fsp3) is 0.526. The number of likely N-dealkylation sites (tertiary alicyclic amines) is 1. The number of methoxy groups -OCH3 is 1. The van der Waals surface area contributed by atoms with Crippen molar-refractivity contribution in [3.63, 3.8) is 0 Å². The van der Waals surface area contributed by atoms with Crippen molar-refractivity contribution in [2.75, 3.05) is 33.8 Å². The molecule has 142 valence electrons. The van der Waals surface area contributed by atoms with Crippen molar-refractivity contribution in [2.45, 2.75) is 25.7 Å². The summed E-state index contributed by atoms with van der Waals surface area (Å²) in [6.07, 6.45) is 2.07. The maximum atomic E-state index is 13.0. The highest BCUT2D eigenvalue weighted by Gasteiger charge is 2.29. The number of benzene rings is 1. The van der Waals surface area contributed by atoms with Gasteiger partial charge in [0.2, 0.25) is 5.91 Å². The Morgan fingerprint density at radius 2 is 1.81 bits per heavy atom. The maximum Gasteiger partial charge on any atom is 0.305 e. The molecule has 1 aliphatic heterocycles. The summed E-state index contributed by atoms with van der Waals surface area (Å²) in [5.74, 6) is -0.860. The molecule has 1 heterocycles. The molecule has 1 aromatic rings. The second-order valence-corrected chi connectivity index (χ2v) is 6.51. The fourth-order valence-corrected chi connectivity index (χ4v) is 3.09. The van der Waals surface area contributed by atoms with Crippen molar-refractivity contribution in [3.8, 4) is 0 Å². The first-order valence-electron chi connectivity index (χ1n) is 8.79. The van der Waals surface area contributed by atoms with Crippen LogP contribution in [0.1, 0.15) is 36.0 Å².